The van der Waals surface area contributed by atoms with E-state index >= 15 is 0 Å². The van der Waals surface area contributed by atoms with Crippen molar-refractivity contribution in [2.45, 2.75) is 26.3 Å². The highest BCUT2D eigenvalue weighted by Gasteiger charge is 2.12. The molecule has 0 aliphatic heterocycles. The first-order chi connectivity index (χ1) is 14.7. The fourth-order valence-corrected chi connectivity index (χ4v) is 2.96. The molecule has 8 heteroatoms. The van der Waals surface area contributed by atoms with Crippen LogP contribution in [-0.2, 0) is 11.3 Å². The smallest absolute Gasteiger partial charge is 0.255 e. The van der Waals surface area contributed by atoms with Crippen molar-refractivity contribution in [1.82, 2.24) is 20.1 Å². The minimum absolute atomic E-state index is 0.106. The van der Waals surface area contributed by atoms with Crippen molar-refractivity contribution in [3.63, 3.8) is 0 Å². The molecule has 1 heterocycles. The van der Waals surface area contributed by atoms with Gasteiger partial charge in [-0.25, -0.2) is 9.67 Å². The van der Waals surface area contributed by atoms with Gasteiger partial charge in [0.2, 0.25) is 5.91 Å². The molecular weight excluding hydrogens is 382 g/mol. The quantitative estimate of drug-likeness (QED) is 0.504. The molecule has 0 unspecified atom stereocenters. The summed E-state index contributed by atoms with van der Waals surface area (Å²) in [5.41, 5.74) is 2.18. The van der Waals surface area contributed by atoms with Crippen LogP contribution in [0, 0.1) is 0 Å². The third-order valence-corrected chi connectivity index (χ3v) is 4.39. The van der Waals surface area contributed by atoms with Gasteiger partial charge < -0.3 is 15.4 Å². The van der Waals surface area contributed by atoms with Crippen molar-refractivity contribution in [1.29, 1.82) is 0 Å². The molecule has 156 valence electrons. The molecule has 0 saturated heterocycles. The molecule has 0 saturated carbocycles. The average molecular weight is 407 g/mol. The second-order valence-electron chi connectivity index (χ2n) is 6.59. The van der Waals surface area contributed by atoms with E-state index in [0.717, 1.165) is 11.3 Å². The Bertz CT molecular complexity index is 972. The SMILES string of the molecule is CCOc1ccccc1C(=O)NCCCC(=O)Nc1ccccc1Cn1cncn1. The minimum Gasteiger partial charge on any atom is -0.493 e. The van der Waals surface area contributed by atoms with Crippen molar-refractivity contribution >= 4 is 17.5 Å². The first kappa shape index (κ1) is 21.0. The van der Waals surface area contributed by atoms with Gasteiger partial charge in [-0.05, 0) is 37.1 Å². The van der Waals surface area contributed by atoms with E-state index in [1.54, 1.807) is 29.2 Å². The van der Waals surface area contributed by atoms with Gasteiger partial charge >= 0.3 is 0 Å². The van der Waals surface area contributed by atoms with Crippen LogP contribution in [0.1, 0.15) is 35.7 Å². The standard InChI is InChI=1S/C22H25N5O3/c1-2-30-20-11-6-4-9-18(20)22(29)24-13-7-12-21(28)26-19-10-5-3-8-17(19)14-27-16-23-15-25-27/h3-6,8-11,15-16H,2,7,12-14H2,1H3,(H,24,29)(H,26,28). The normalized spacial score (nSPS) is 10.4. The molecule has 0 aliphatic carbocycles. The molecule has 1 aromatic heterocycles. The summed E-state index contributed by atoms with van der Waals surface area (Å²) in [6, 6.07) is 14.7. The molecule has 3 aromatic rings. The van der Waals surface area contributed by atoms with Gasteiger partial charge in [-0.15, -0.1) is 0 Å². The summed E-state index contributed by atoms with van der Waals surface area (Å²) in [5.74, 6) is 0.238. The maximum absolute atomic E-state index is 12.4. The van der Waals surface area contributed by atoms with Crippen molar-refractivity contribution in [3.05, 3.63) is 72.3 Å². The zero-order valence-electron chi connectivity index (χ0n) is 16.9. The number of nitrogens with zero attached hydrogens (tertiary/aromatic N) is 3. The second-order valence-corrected chi connectivity index (χ2v) is 6.59. The van der Waals surface area contributed by atoms with Crippen LogP contribution in [0.4, 0.5) is 5.69 Å². The van der Waals surface area contributed by atoms with E-state index in [1.807, 2.05) is 37.3 Å². The summed E-state index contributed by atoms with van der Waals surface area (Å²) >= 11 is 0. The Morgan fingerprint density at radius 1 is 1.10 bits per heavy atom. The van der Waals surface area contributed by atoms with Crippen LogP contribution >= 0.6 is 0 Å². The highest BCUT2D eigenvalue weighted by molar-refractivity contribution is 5.97. The van der Waals surface area contributed by atoms with Crippen molar-refractivity contribution in [2.75, 3.05) is 18.5 Å². The molecule has 2 N–H and O–H groups in total. The summed E-state index contributed by atoms with van der Waals surface area (Å²) in [6.45, 7) is 3.28. The molecule has 0 radical (unpaired) electrons. The van der Waals surface area contributed by atoms with E-state index in [-0.39, 0.29) is 11.8 Å². The molecule has 0 spiro atoms. The first-order valence-corrected chi connectivity index (χ1v) is 9.87. The number of carbonyl (C=O) groups excluding carboxylic acids is 2. The number of anilines is 1. The van der Waals surface area contributed by atoms with E-state index < -0.39 is 0 Å². The lowest BCUT2D eigenvalue weighted by Gasteiger charge is -2.12. The minimum atomic E-state index is -0.211. The zero-order chi connectivity index (χ0) is 21.2. The predicted octanol–water partition coefficient (Wildman–Crippen LogP) is 2.87. The molecule has 30 heavy (non-hydrogen) atoms. The number of rotatable bonds is 10. The summed E-state index contributed by atoms with van der Waals surface area (Å²) in [4.78, 5) is 28.6. The number of carbonyl (C=O) groups is 2. The highest BCUT2D eigenvalue weighted by atomic mass is 16.5. The third-order valence-electron chi connectivity index (χ3n) is 4.39. The Morgan fingerprint density at radius 3 is 2.70 bits per heavy atom. The van der Waals surface area contributed by atoms with E-state index in [1.165, 1.54) is 6.33 Å². The number of benzene rings is 2. The number of hydrogen-bond donors (Lipinski definition) is 2. The molecule has 2 amide bonds. The summed E-state index contributed by atoms with van der Waals surface area (Å²) in [6.07, 6.45) is 3.93. The van der Waals surface area contributed by atoms with Gasteiger partial charge in [-0.1, -0.05) is 30.3 Å². The van der Waals surface area contributed by atoms with Gasteiger partial charge in [0.25, 0.3) is 5.91 Å². The van der Waals surface area contributed by atoms with Crippen LogP contribution in [0.2, 0.25) is 0 Å². The van der Waals surface area contributed by atoms with Crippen LogP contribution < -0.4 is 15.4 Å². The second kappa shape index (κ2) is 10.8. The lowest BCUT2D eigenvalue weighted by molar-refractivity contribution is -0.116. The van der Waals surface area contributed by atoms with Gasteiger partial charge in [-0.3, -0.25) is 9.59 Å². The zero-order valence-corrected chi connectivity index (χ0v) is 16.9. The molecular formula is C22H25N5O3. The highest BCUT2D eigenvalue weighted by Crippen LogP contribution is 2.18. The van der Waals surface area contributed by atoms with Gasteiger partial charge in [0, 0.05) is 18.7 Å². The molecule has 3 rings (SSSR count). The molecule has 0 bridgehead atoms. The molecule has 2 aromatic carbocycles. The first-order valence-electron chi connectivity index (χ1n) is 9.87. The Balaban J connectivity index is 1.46. The van der Waals surface area contributed by atoms with Gasteiger partial charge in [-0.2, -0.15) is 5.10 Å². The summed E-state index contributed by atoms with van der Waals surface area (Å²) in [5, 5.41) is 9.87. The number of aromatic nitrogens is 3. The van der Waals surface area contributed by atoms with Crippen LogP contribution in [0.15, 0.2) is 61.2 Å². The number of amides is 2. The number of ether oxygens (including phenoxy) is 1. The molecule has 0 fully saturated rings. The van der Waals surface area contributed by atoms with Gasteiger partial charge in [0.15, 0.2) is 0 Å². The van der Waals surface area contributed by atoms with Crippen LogP contribution in [-0.4, -0.2) is 39.7 Å². The monoisotopic (exact) mass is 407 g/mol. The van der Waals surface area contributed by atoms with Crippen LogP contribution in [0.3, 0.4) is 0 Å². The largest absolute Gasteiger partial charge is 0.493 e. The number of hydrogen-bond acceptors (Lipinski definition) is 5. The number of nitrogens with one attached hydrogen (secondary N) is 2. The van der Waals surface area contributed by atoms with E-state index in [4.69, 9.17) is 4.74 Å². The lowest BCUT2D eigenvalue weighted by Crippen LogP contribution is -2.26. The predicted molar refractivity (Wildman–Crippen MR) is 113 cm³/mol. The topological polar surface area (TPSA) is 98.1 Å². The molecule has 8 nitrogen and oxygen atoms in total. The van der Waals surface area contributed by atoms with Crippen molar-refractivity contribution in [3.8, 4) is 5.75 Å². The fourth-order valence-electron chi connectivity index (χ4n) is 2.96. The number of para-hydroxylation sites is 2. The molecule has 0 atom stereocenters. The third kappa shape index (κ3) is 5.91. The fraction of sp³-hybridized carbons (Fsp3) is 0.273. The Hall–Kier alpha value is -3.68. The van der Waals surface area contributed by atoms with Gasteiger partial charge in [0.05, 0.1) is 18.7 Å². The van der Waals surface area contributed by atoms with E-state index in [2.05, 4.69) is 20.7 Å². The van der Waals surface area contributed by atoms with Crippen LogP contribution in [0.25, 0.3) is 0 Å². The van der Waals surface area contributed by atoms with E-state index in [0.29, 0.717) is 43.9 Å². The van der Waals surface area contributed by atoms with Crippen molar-refractivity contribution in [2.24, 2.45) is 0 Å². The van der Waals surface area contributed by atoms with Gasteiger partial charge in [0.1, 0.15) is 18.4 Å². The Morgan fingerprint density at radius 2 is 1.90 bits per heavy atom. The van der Waals surface area contributed by atoms with E-state index in [9.17, 15) is 9.59 Å². The molecule has 0 aliphatic rings. The summed E-state index contributed by atoms with van der Waals surface area (Å²) < 4.78 is 7.18. The maximum Gasteiger partial charge on any atom is 0.255 e. The van der Waals surface area contributed by atoms with Crippen LogP contribution in [0.5, 0.6) is 5.75 Å². The Labute approximate surface area is 175 Å². The average Bonchev–Trinajstić information content (AvgIpc) is 3.26. The summed E-state index contributed by atoms with van der Waals surface area (Å²) in [7, 11) is 0. The maximum atomic E-state index is 12.4. The Kier molecular flexibility index (Phi) is 7.54. The van der Waals surface area contributed by atoms with Crippen molar-refractivity contribution < 1.29 is 14.3 Å². The lowest BCUT2D eigenvalue weighted by atomic mass is 10.1.